The van der Waals surface area contributed by atoms with Gasteiger partial charge in [-0.2, -0.15) is 5.10 Å². The fourth-order valence-corrected chi connectivity index (χ4v) is 3.58. The number of nitrogens with zero attached hydrogens (tertiary/aromatic N) is 2. The Labute approximate surface area is 186 Å². The van der Waals surface area contributed by atoms with E-state index in [4.69, 9.17) is 13.9 Å². The average molecular weight is 486 g/mol. The highest BCUT2D eigenvalue weighted by Crippen LogP contribution is 2.25. The van der Waals surface area contributed by atoms with Crippen LogP contribution in [0.25, 0.3) is 11.0 Å². The molecule has 1 fully saturated rings. The molecule has 4 rings (SSSR count). The first kappa shape index (κ1) is 21.1. The lowest BCUT2D eigenvalue weighted by Gasteiger charge is -2.26. The SMILES string of the molecule is O=C(NN=Cc1ccc(OCC(=O)N2CCOCC2)c(Br)c1)c1cc2ccccc2o1. The molecule has 2 heterocycles. The molecule has 1 aliphatic heterocycles. The first-order valence-electron chi connectivity index (χ1n) is 9.70. The van der Waals surface area contributed by atoms with Gasteiger partial charge in [-0.1, -0.05) is 18.2 Å². The van der Waals surface area contributed by atoms with Gasteiger partial charge in [-0.3, -0.25) is 9.59 Å². The van der Waals surface area contributed by atoms with Crippen LogP contribution in [0.1, 0.15) is 16.1 Å². The second-order valence-corrected chi connectivity index (χ2v) is 7.67. The van der Waals surface area contributed by atoms with Gasteiger partial charge >= 0.3 is 5.91 Å². The van der Waals surface area contributed by atoms with E-state index in [0.29, 0.717) is 42.1 Å². The molecule has 1 N–H and O–H groups in total. The number of fused-ring (bicyclic) bond motifs is 1. The Kier molecular flexibility index (Phi) is 6.63. The van der Waals surface area contributed by atoms with Gasteiger partial charge in [0.05, 0.1) is 23.9 Å². The van der Waals surface area contributed by atoms with Gasteiger partial charge in [0.2, 0.25) is 0 Å². The van der Waals surface area contributed by atoms with Crippen LogP contribution in [0.3, 0.4) is 0 Å². The first-order chi connectivity index (χ1) is 15.1. The van der Waals surface area contributed by atoms with E-state index in [1.54, 1.807) is 35.2 Å². The average Bonchev–Trinajstić information content (AvgIpc) is 3.23. The molecule has 9 heteroatoms. The number of morpholine rings is 1. The van der Waals surface area contributed by atoms with Crippen LogP contribution in [-0.2, 0) is 9.53 Å². The number of halogens is 1. The van der Waals surface area contributed by atoms with Crippen LogP contribution >= 0.6 is 15.9 Å². The molecule has 0 spiro atoms. The minimum Gasteiger partial charge on any atom is -0.483 e. The van der Waals surface area contributed by atoms with Gasteiger partial charge in [-0.25, -0.2) is 5.43 Å². The van der Waals surface area contributed by atoms with Crippen LogP contribution in [0.4, 0.5) is 0 Å². The summed E-state index contributed by atoms with van der Waals surface area (Å²) >= 11 is 3.44. The summed E-state index contributed by atoms with van der Waals surface area (Å²) in [6, 6.07) is 14.3. The second-order valence-electron chi connectivity index (χ2n) is 6.82. The summed E-state index contributed by atoms with van der Waals surface area (Å²) in [6.07, 6.45) is 1.51. The van der Waals surface area contributed by atoms with Crippen molar-refractivity contribution in [3.63, 3.8) is 0 Å². The van der Waals surface area contributed by atoms with Crippen LogP contribution in [0, 0.1) is 0 Å². The maximum atomic E-state index is 12.2. The van der Waals surface area contributed by atoms with E-state index in [9.17, 15) is 9.59 Å². The summed E-state index contributed by atoms with van der Waals surface area (Å²) in [6.45, 7) is 2.23. The van der Waals surface area contributed by atoms with Gasteiger partial charge in [0.15, 0.2) is 12.4 Å². The number of rotatable bonds is 6. The molecule has 8 nitrogen and oxygen atoms in total. The van der Waals surface area contributed by atoms with Crippen molar-refractivity contribution in [2.75, 3.05) is 32.9 Å². The Balaban J connectivity index is 1.31. The van der Waals surface area contributed by atoms with Crippen molar-refractivity contribution in [1.82, 2.24) is 10.3 Å². The molecule has 0 saturated carbocycles. The molecule has 31 heavy (non-hydrogen) atoms. The predicted octanol–water partition coefficient (Wildman–Crippen LogP) is 3.20. The number of furan rings is 1. The third kappa shape index (κ3) is 5.31. The fourth-order valence-electron chi connectivity index (χ4n) is 3.07. The van der Waals surface area contributed by atoms with E-state index in [0.717, 1.165) is 10.9 Å². The first-order valence-corrected chi connectivity index (χ1v) is 10.5. The van der Waals surface area contributed by atoms with Gasteiger partial charge in [0.25, 0.3) is 5.91 Å². The molecular weight excluding hydrogens is 466 g/mol. The number of benzene rings is 2. The van der Waals surface area contributed by atoms with E-state index in [1.165, 1.54) is 6.21 Å². The van der Waals surface area contributed by atoms with Crippen LogP contribution in [0.2, 0.25) is 0 Å². The zero-order valence-electron chi connectivity index (χ0n) is 16.5. The highest BCUT2D eigenvalue weighted by atomic mass is 79.9. The van der Waals surface area contributed by atoms with Crippen LogP contribution < -0.4 is 10.2 Å². The van der Waals surface area contributed by atoms with Crippen molar-refractivity contribution < 1.29 is 23.5 Å². The molecule has 2 amide bonds. The molecule has 1 aromatic heterocycles. The highest BCUT2D eigenvalue weighted by molar-refractivity contribution is 9.10. The molecule has 3 aromatic rings. The van der Waals surface area contributed by atoms with E-state index in [-0.39, 0.29) is 18.3 Å². The van der Waals surface area contributed by atoms with Crippen LogP contribution in [0.15, 0.2) is 62.5 Å². The van der Waals surface area contributed by atoms with Gasteiger partial charge in [-0.15, -0.1) is 0 Å². The third-order valence-electron chi connectivity index (χ3n) is 4.70. The molecule has 1 saturated heterocycles. The van der Waals surface area contributed by atoms with Gasteiger partial charge < -0.3 is 18.8 Å². The molecular formula is C22H20BrN3O5. The lowest BCUT2D eigenvalue weighted by atomic mass is 10.2. The molecule has 0 radical (unpaired) electrons. The van der Waals surface area contributed by atoms with Gasteiger partial charge in [0, 0.05) is 18.5 Å². The number of nitrogens with one attached hydrogen (secondary N) is 1. The van der Waals surface area contributed by atoms with Crippen molar-refractivity contribution in [2.45, 2.75) is 0 Å². The normalized spacial score (nSPS) is 14.2. The second kappa shape index (κ2) is 9.76. The van der Waals surface area contributed by atoms with Crippen molar-refractivity contribution in [2.24, 2.45) is 5.10 Å². The number of ether oxygens (including phenoxy) is 2. The van der Waals surface area contributed by atoms with Crippen molar-refractivity contribution in [3.05, 3.63) is 64.3 Å². The summed E-state index contributed by atoms with van der Waals surface area (Å²) in [4.78, 5) is 26.1. The van der Waals surface area contributed by atoms with Crippen molar-refractivity contribution >= 4 is 44.9 Å². The number of para-hydroxylation sites is 1. The van der Waals surface area contributed by atoms with Crippen LogP contribution in [0.5, 0.6) is 5.75 Å². The molecule has 0 atom stereocenters. The fraction of sp³-hybridized carbons (Fsp3) is 0.227. The standard InChI is InChI=1S/C22H20BrN3O5/c23-17-11-15(5-6-19(17)30-14-21(27)26-7-9-29-10-8-26)13-24-25-22(28)20-12-16-3-1-2-4-18(16)31-20/h1-6,11-13H,7-10,14H2,(H,25,28). The summed E-state index contributed by atoms with van der Waals surface area (Å²) < 4.78 is 17.1. The highest BCUT2D eigenvalue weighted by Gasteiger charge is 2.17. The zero-order valence-corrected chi connectivity index (χ0v) is 18.1. The van der Waals surface area contributed by atoms with Gasteiger partial charge in [-0.05, 0) is 51.8 Å². The Hall–Kier alpha value is -3.17. The predicted molar refractivity (Wildman–Crippen MR) is 118 cm³/mol. The maximum absolute atomic E-state index is 12.2. The monoisotopic (exact) mass is 485 g/mol. The topological polar surface area (TPSA) is 93.4 Å². The number of carbonyl (C=O) groups is 2. The zero-order chi connectivity index (χ0) is 21.6. The molecule has 0 bridgehead atoms. The van der Waals surface area contributed by atoms with Crippen molar-refractivity contribution in [3.8, 4) is 5.75 Å². The number of hydrazone groups is 1. The summed E-state index contributed by atoms with van der Waals surface area (Å²) in [7, 11) is 0. The molecule has 2 aromatic carbocycles. The van der Waals surface area contributed by atoms with Crippen LogP contribution in [-0.4, -0.2) is 55.8 Å². The number of hydrogen-bond donors (Lipinski definition) is 1. The maximum Gasteiger partial charge on any atom is 0.307 e. The molecule has 1 aliphatic rings. The summed E-state index contributed by atoms with van der Waals surface area (Å²) in [5, 5.41) is 4.83. The Bertz CT molecular complexity index is 1090. The van der Waals surface area contributed by atoms with E-state index >= 15 is 0 Å². The Morgan fingerprint density at radius 1 is 1.16 bits per heavy atom. The largest absolute Gasteiger partial charge is 0.483 e. The van der Waals surface area contributed by atoms with Gasteiger partial charge in [0.1, 0.15) is 11.3 Å². The molecule has 0 unspecified atom stereocenters. The number of carbonyl (C=O) groups excluding carboxylic acids is 2. The minimum atomic E-state index is -0.437. The molecule has 160 valence electrons. The van der Waals surface area contributed by atoms with Crippen molar-refractivity contribution in [1.29, 1.82) is 0 Å². The lowest BCUT2D eigenvalue weighted by Crippen LogP contribution is -2.43. The lowest BCUT2D eigenvalue weighted by molar-refractivity contribution is -0.137. The molecule has 0 aliphatic carbocycles. The smallest absolute Gasteiger partial charge is 0.307 e. The third-order valence-corrected chi connectivity index (χ3v) is 5.32. The Morgan fingerprint density at radius 3 is 2.74 bits per heavy atom. The summed E-state index contributed by atoms with van der Waals surface area (Å²) in [5.74, 6) is 0.223. The van der Waals surface area contributed by atoms with E-state index in [2.05, 4.69) is 26.5 Å². The minimum absolute atomic E-state index is 0.0421. The van der Waals surface area contributed by atoms with E-state index < -0.39 is 5.91 Å². The summed E-state index contributed by atoms with van der Waals surface area (Å²) in [5.41, 5.74) is 3.83. The number of hydrogen-bond acceptors (Lipinski definition) is 6. The Morgan fingerprint density at radius 2 is 1.97 bits per heavy atom. The quantitative estimate of drug-likeness (QED) is 0.427. The van der Waals surface area contributed by atoms with E-state index in [1.807, 2.05) is 18.2 Å². The number of amides is 2.